The van der Waals surface area contributed by atoms with E-state index < -0.39 is 0 Å². The molecule has 0 aromatic heterocycles. The van der Waals surface area contributed by atoms with Crippen LogP contribution in [-0.2, 0) is 4.79 Å². The first kappa shape index (κ1) is 9.01. The molecule has 0 fully saturated rings. The summed E-state index contributed by atoms with van der Waals surface area (Å²) in [6, 6.07) is 0. The molecule has 0 aromatic carbocycles. The van der Waals surface area contributed by atoms with Crippen molar-refractivity contribution in [3.63, 3.8) is 0 Å². The van der Waals surface area contributed by atoms with E-state index in [4.69, 9.17) is 5.11 Å². The zero-order valence-electron chi connectivity index (χ0n) is 6.29. The van der Waals surface area contributed by atoms with Gasteiger partial charge < -0.3 is 5.11 Å². The Kier molecular flexibility index (Phi) is 4.38. The fourth-order valence-corrected chi connectivity index (χ4v) is 0.613. The van der Waals surface area contributed by atoms with Gasteiger partial charge in [0.25, 0.3) is 0 Å². The average molecular weight is 138 g/mol. The molecule has 0 spiro atoms. The van der Waals surface area contributed by atoms with Crippen molar-refractivity contribution >= 4 is 13.6 Å². The SMILES string of the molecule is CBC(/C=C(\O)C=O)=C\C. The standard InChI is InChI=1S/C7H11BO2/c1-3-6(8-2)4-7(10)5-9/h3-5,8,10H,1-2H3/b6-3-,7-4-. The summed E-state index contributed by atoms with van der Waals surface area (Å²) in [5.74, 6) is -0.213. The molecular weight excluding hydrogens is 127 g/mol. The number of rotatable bonds is 3. The Balaban J connectivity index is 4.22. The molecule has 0 saturated carbocycles. The monoisotopic (exact) mass is 138 g/mol. The maximum Gasteiger partial charge on any atom is 0.184 e. The van der Waals surface area contributed by atoms with Crippen LogP contribution >= 0.6 is 0 Å². The summed E-state index contributed by atoms with van der Waals surface area (Å²) in [7, 11) is 0.828. The molecule has 0 aliphatic carbocycles. The predicted molar refractivity (Wildman–Crippen MR) is 43.5 cm³/mol. The Labute approximate surface area is 61.5 Å². The third-order valence-electron chi connectivity index (χ3n) is 1.23. The van der Waals surface area contributed by atoms with Crippen LogP contribution in [0.4, 0.5) is 0 Å². The van der Waals surface area contributed by atoms with Crippen LogP contribution in [0.2, 0.25) is 6.82 Å². The molecule has 2 nitrogen and oxygen atoms in total. The Hall–Kier alpha value is -0.985. The van der Waals surface area contributed by atoms with E-state index in [-0.39, 0.29) is 5.76 Å². The average Bonchev–Trinajstić information content (AvgIpc) is 1.99. The summed E-state index contributed by atoms with van der Waals surface area (Å²) in [4.78, 5) is 9.93. The summed E-state index contributed by atoms with van der Waals surface area (Å²) in [6.45, 7) is 3.83. The van der Waals surface area contributed by atoms with Crippen LogP contribution < -0.4 is 0 Å². The number of hydrogen-bond acceptors (Lipinski definition) is 2. The van der Waals surface area contributed by atoms with Gasteiger partial charge in [0.2, 0.25) is 0 Å². The van der Waals surface area contributed by atoms with Crippen LogP contribution in [0.3, 0.4) is 0 Å². The van der Waals surface area contributed by atoms with Gasteiger partial charge in [-0.05, 0) is 13.0 Å². The lowest BCUT2D eigenvalue weighted by Crippen LogP contribution is -1.89. The molecule has 0 atom stereocenters. The molecule has 54 valence electrons. The second-order valence-electron chi connectivity index (χ2n) is 1.90. The van der Waals surface area contributed by atoms with Crippen molar-refractivity contribution < 1.29 is 9.90 Å². The molecule has 0 saturated heterocycles. The first-order valence-electron chi connectivity index (χ1n) is 3.25. The molecule has 0 aliphatic heterocycles. The van der Waals surface area contributed by atoms with E-state index in [1.54, 1.807) is 0 Å². The molecule has 0 aromatic rings. The van der Waals surface area contributed by atoms with Gasteiger partial charge in [-0.2, -0.15) is 0 Å². The normalized spacial score (nSPS) is 13.0. The number of hydrogen-bond donors (Lipinski definition) is 1. The van der Waals surface area contributed by atoms with E-state index in [9.17, 15) is 4.79 Å². The third-order valence-corrected chi connectivity index (χ3v) is 1.23. The Morgan fingerprint density at radius 3 is 2.50 bits per heavy atom. The molecule has 3 heteroatoms. The minimum atomic E-state index is -0.213. The van der Waals surface area contributed by atoms with E-state index in [0.29, 0.717) is 6.29 Å². The van der Waals surface area contributed by atoms with Crippen molar-refractivity contribution in [2.75, 3.05) is 0 Å². The van der Waals surface area contributed by atoms with Gasteiger partial charge in [-0.1, -0.05) is 18.4 Å². The van der Waals surface area contributed by atoms with Crippen molar-refractivity contribution in [2.45, 2.75) is 13.7 Å². The smallest absolute Gasteiger partial charge is 0.184 e. The van der Waals surface area contributed by atoms with Crippen molar-refractivity contribution in [3.8, 4) is 0 Å². The van der Waals surface area contributed by atoms with E-state index in [0.717, 1.165) is 12.8 Å². The van der Waals surface area contributed by atoms with Crippen LogP contribution in [0, 0.1) is 0 Å². The van der Waals surface area contributed by atoms with Crippen LogP contribution in [0.1, 0.15) is 6.92 Å². The fourth-order valence-electron chi connectivity index (χ4n) is 0.613. The highest BCUT2D eigenvalue weighted by atomic mass is 16.3. The van der Waals surface area contributed by atoms with Crippen molar-refractivity contribution in [2.24, 2.45) is 0 Å². The molecule has 0 heterocycles. The van der Waals surface area contributed by atoms with Crippen LogP contribution in [0.15, 0.2) is 23.4 Å². The molecule has 0 radical (unpaired) electrons. The summed E-state index contributed by atoms with van der Waals surface area (Å²) in [6.07, 6.45) is 3.76. The zero-order chi connectivity index (χ0) is 7.98. The van der Waals surface area contributed by atoms with Crippen molar-refractivity contribution in [1.29, 1.82) is 0 Å². The van der Waals surface area contributed by atoms with Gasteiger partial charge in [-0.25, -0.2) is 0 Å². The zero-order valence-corrected chi connectivity index (χ0v) is 6.29. The lowest BCUT2D eigenvalue weighted by Gasteiger charge is -1.92. The summed E-state index contributed by atoms with van der Waals surface area (Å²) < 4.78 is 0. The summed E-state index contributed by atoms with van der Waals surface area (Å²) in [5, 5.41) is 8.74. The highest BCUT2D eigenvalue weighted by Crippen LogP contribution is 1.96. The first-order chi connectivity index (χ1) is 4.74. The molecule has 0 bridgehead atoms. The van der Waals surface area contributed by atoms with Gasteiger partial charge in [0.1, 0.15) is 0 Å². The Morgan fingerprint density at radius 2 is 2.20 bits per heavy atom. The summed E-state index contributed by atoms with van der Waals surface area (Å²) >= 11 is 0. The topological polar surface area (TPSA) is 37.3 Å². The number of carbonyl (C=O) groups excluding carboxylic acids is 1. The van der Waals surface area contributed by atoms with Crippen LogP contribution in [0.5, 0.6) is 0 Å². The second kappa shape index (κ2) is 4.85. The maximum atomic E-state index is 9.93. The first-order valence-corrected chi connectivity index (χ1v) is 3.25. The van der Waals surface area contributed by atoms with Gasteiger partial charge in [-0.3, -0.25) is 4.79 Å². The number of aliphatic hydroxyl groups is 1. The highest BCUT2D eigenvalue weighted by molar-refractivity contribution is 6.44. The minimum absolute atomic E-state index is 0.213. The molecule has 0 amide bonds. The predicted octanol–water partition coefficient (Wildman–Crippen LogP) is 1.02. The van der Waals surface area contributed by atoms with Crippen molar-refractivity contribution in [1.82, 2.24) is 0 Å². The fraction of sp³-hybridized carbons (Fsp3) is 0.286. The number of aliphatic hydroxyl groups excluding tert-OH is 1. The molecule has 10 heavy (non-hydrogen) atoms. The number of carbonyl (C=O) groups is 1. The van der Waals surface area contributed by atoms with E-state index >= 15 is 0 Å². The molecular formula is C7H11BO2. The summed E-state index contributed by atoms with van der Waals surface area (Å²) in [5.41, 5.74) is 0.963. The van der Waals surface area contributed by atoms with Gasteiger partial charge in [0.05, 0.1) is 0 Å². The molecule has 1 N–H and O–H groups in total. The molecule has 0 rings (SSSR count). The second-order valence-corrected chi connectivity index (χ2v) is 1.90. The maximum absolute atomic E-state index is 9.93. The van der Waals surface area contributed by atoms with Gasteiger partial charge in [0.15, 0.2) is 19.3 Å². The highest BCUT2D eigenvalue weighted by Gasteiger charge is 1.91. The minimum Gasteiger partial charge on any atom is -0.505 e. The quantitative estimate of drug-likeness (QED) is 0.208. The van der Waals surface area contributed by atoms with E-state index in [1.165, 1.54) is 6.08 Å². The lowest BCUT2D eigenvalue weighted by molar-refractivity contribution is -0.106. The largest absolute Gasteiger partial charge is 0.505 e. The van der Waals surface area contributed by atoms with Gasteiger partial charge in [0, 0.05) is 0 Å². The number of aldehydes is 1. The van der Waals surface area contributed by atoms with Crippen LogP contribution in [0.25, 0.3) is 0 Å². The lowest BCUT2D eigenvalue weighted by atomic mass is 9.72. The Morgan fingerprint density at radius 1 is 1.60 bits per heavy atom. The third kappa shape index (κ3) is 3.12. The van der Waals surface area contributed by atoms with E-state index in [2.05, 4.69) is 0 Å². The number of allylic oxidation sites excluding steroid dienone is 4. The van der Waals surface area contributed by atoms with Gasteiger partial charge >= 0.3 is 0 Å². The van der Waals surface area contributed by atoms with Crippen molar-refractivity contribution in [3.05, 3.63) is 23.4 Å². The Bertz CT molecular complexity index is 170. The van der Waals surface area contributed by atoms with E-state index in [1.807, 2.05) is 19.8 Å². The molecule has 0 aliphatic rings. The van der Waals surface area contributed by atoms with Crippen LogP contribution in [-0.4, -0.2) is 18.7 Å². The molecule has 0 unspecified atom stereocenters. The van der Waals surface area contributed by atoms with Gasteiger partial charge in [-0.15, -0.1) is 0 Å².